The maximum atomic E-state index is 5.95. The Morgan fingerprint density at radius 3 is 2.65 bits per heavy atom. The van der Waals surface area contributed by atoms with Crippen LogP contribution >= 0.6 is 11.3 Å². The van der Waals surface area contributed by atoms with E-state index < -0.39 is 0 Å². The number of benzene rings is 1. The van der Waals surface area contributed by atoms with Gasteiger partial charge in [0.05, 0.1) is 16.4 Å². The Balaban J connectivity index is 2.14. The molecule has 0 aliphatic carbocycles. The highest BCUT2D eigenvalue weighted by Gasteiger charge is 2.07. The van der Waals surface area contributed by atoms with Crippen LogP contribution in [-0.4, -0.2) is 4.98 Å². The number of hydrogen-bond donors (Lipinski definition) is 1. The standard InChI is InChI=1S/C13H16N2OS/c1-8-4-9(2)13(12(14)5-8)16-6-11-7-17-10(3)15-11/h4-5,7H,6,14H2,1-3H3. The van der Waals surface area contributed by atoms with Crippen LogP contribution in [0.2, 0.25) is 0 Å². The number of anilines is 1. The number of nitrogens with zero attached hydrogens (tertiary/aromatic N) is 1. The van der Waals surface area contributed by atoms with Crippen LogP contribution in [0.3, 0.4) is 0 Å². The lowest BCUT2D eigenvalue weighted by atomic mass is 10.1. The molecule has 0 amide bonds. The first-order chi connectivity index (χ1) is 8.06. The SMILES string of the molecule is Cc1cc(C)c(OCc2csc(C)n2)c(N)c1. The summed E-state index contributed by atoms with van der Waals surface area (Å²) in [4.78, 5) is 4.36. The highest BCUT2D eigenvalue weighted by Crippen LogP contribution is 2.28. The lowest BCUT2D eigenvalue weighted by molar-refractivity contribution is 0.301. The summed E-state index contributed by atoms with van der Waals surface area (Å²) < 4.78 is 5.74. The van der Waals surface area contributed by atoms with Crippen molar-refractivity contribution in [2.75, 3.05) is 5.73 Å². The first kappa shape index (κ1) is 11.9. The third-order valence-corrected chi connectivity index (χ3v) is 3.30. The van der Waals surface area contributed by atoms with Crippen LogP contribution in [0.25, 0.3) is 0 Å². The summed E-state index contributed by atoms with van der Waals surface area (Å²) >= 11 is 1.63. The van der Waals surface area contributed by atoms with Crippen molar-refractivity contribution in [1.29, 1.82) is 0 Å². The molecule has 0 aliphatic rings. The molecule has 0 saturated heterocycles. The van der Waals surface area contributed by atoms with Crippen molar-refractivity contribution in [3.8, 4) is 5.75 Å². The van der Waals surface area contributed by atoms with Gasteiger partial charge in [-0.3, -0.25) is 0 Å². The first-order valence-electron chi connectivity index (χ1n) is 5.47. The van der Waals surface area contributed by atoms with E-state index in [4.69, 9.17) is 10.5 Å². The Morgan fingerprint density at radius 1 is 1.29 bits per heavy atom. The summed E-state index contributed by atoms with van der Waals surface area (Å²) in [6.45, 7) is 6.49. The van der Waals surface area contributed by atoms with E-state index in [1.807, 2.05) is 32.2 Å². The number of aryl methyl sites for hydroxylation is 3. The summed E-state index contributed by atoms with van der Waals surface area (Å²) in [6, 6.07) is 3.99. The molecule has 2 aromatic rings. The van der Waals surface area contributed by atoms with Crippen LogP contribution in [0.5, 0.6) is 5.75 Å². The first-order valence-corrected chi connectivity index (χ1v) is 6.35. The Labute approximate surface area is 105 Å². The van der Waals surface area contributed by atoms with Crippen molar-refractivity contribution in [2.45, 2.75) is 27.4 Å². The molecular formula is C13H16N2OS. The number of hydrogen-bond acceptors (Lipinski definition) is 4. The Hall–Kier alpha value is -1.55. The van der Waals surface area contributed by atoms with Gasteiger partial charge in [0.25, 0.3) is 0 Å². The quantitative estimate of drug-likeness (QED) is 0.848. The zero-order valence-electron chi connectivity index (χ0n) is 10.3. The van der Waals surface area contributed by atoms with Gasteiger partial charge in [0.2, 0.25) is 0 Å². The second-order valence-electron chi connectivity index (χ2n) is 4.15. The smallest absolute Gasteiger partial charge is 0.145 e. The van der Waals surface area contributed by atoms with E-state index in [0.717, 1.165) is 27.6 Å². The Morgan fingerprint density at radius 2 is 2.06 bits per heavy atom. The van der Waals surface area contributed by atoms with Crippen LogP contribution in [0.15, 0.2) is 17.5 Å². The molecule has 3 nitrogen and oxygen atoms in total. The van der Waals surface area contributed by atoms with Crippen LogP contribution in [0.1, 0.15) is 21.8 Å². The van der Waals surface area contributed by atoms with Gasteiger partial charge >= 0.3 is 0 Å². The van der Waals surface area contributed by atoms with E-state index in [9.17, 15) is 0 Å². The number of rotatable bonds is 3. The van der Waals surface area contributed by atoms with Crippen LogP contribution in [0, 0.1) is 20.8 Å². The molecule has 0 unspecified atom stereocenters. The molecule has 0 radical (unpaired) electrons. The Bertz CT molecular complexity index is 511. The van der Waals surface area contributed by atoms with E-state index in [1.54, 1.807) is 11.3 Å². The average molecular weight is 248 g/mol. The fraction of sp³-hybridized carbons (Fsp3) is 0.308. The maximum Gasteiger partial charge on any atom is 0.145 e. The number of nitrogens with two attached hydrogens (primary N) is 1. The molecule has 17 heavy (non-hydrogen) atoms. The second-order valence-corrected chi connectivity index (χ2v) is 5.21. The monoisotopic (exact) mass is 248 g/mol. The molecule has 90 valence electrons. The fourth-order valence-electron chi connectivity index (χ4n) is 1.81. The van der Waals surface area contributed by atoms with Gasteiger partial charge in [-0.05, 0) is 38.0 Å². The number of ether oxygens (including phenoxy) is 1. The minimum atomic E-state index is 0.471. The molecule has 1 heterocycles. The zero-order chi connectivity index (χ0) is 12.4. The predicted molar refractivity (Wildman–Crippen MR) is 71.5 cm³/mol. The van der Waals surface area contributed by atoms with Crippen molar-refractivity contribution in [1.82, 2.24) is 4.98 Å². The third kappa shape index (κ3) is 2.77. The van der Waals surface area contributed by atoms with Gasteiger partial charge in [0.15, 0.2) is 0 Å². The van der Waals surface area contributed by atoms with Crippen molar-refractivity contribution in [3.63, 3.8) is 0 Å². The number of nitrogen functional groups attached to an aromatic ring is 1. The highest BCUT2D eigenvalue weighted by atomic mass is 32.1. The molecule has 0 fully saturated rings. The average Bonchev–Trinajstić information content (AvgIpc) is 2.62. The van der Waals surface area contributed by atoms with Crippen LogP contribution in [0.4, 0.5) is 5.69 Å². The topological polar surface area (TPSA) is 48.1 Å². The van der Waals surface area contributed by atoms with Crippen LogP contribution < -0.4 is 10.5 Å². The summed E-state index contributed by atoms with van der Waals surface area (Å²) in [5.74, 6) is 0.765. The van der Waals surface area contributed by atoms with Gasteiger partial charge in [-0.15, -0.1) is 11.3 Å². The predicted octanol–water partition coefficient (Wildman–Crippen LogP) is 3.23. The minimum absolute atomic E-state index is 0.471. The van der Waals surface area contributed by atoms with Crippen molar-refractivity contribution >= 4 is 17.0 Å². The molecule has 1 aromatic heterocycles. The van der Waals surface area contributed by atoms with Gasteiger partial charge in [0, 0.05) is 5.38 Å². The van der Waals surface area contributed by atoms with Gasteiger partial charge < -0.3 is 10.5 Å². The normalized spacial score (nSPS) is 10.5. The third-order valence-electron chi connectivity index (χ3n) is 2.48. The molecule has 1 aromatic carbocycles. The van der Waals surface area contributed by atoms with E-state index in [1.165, 1.54) is 0 Å². The second kappa shape index (κ2) is 4.75. The summed E-state index contributed by atoms with van der Waals surface area (Å²) in [5, 5.41) is 3.06. The molecular weight excluding hydrogens is 232 g/mol. The number of aromatic nitrogens is 1. The molecule has 0 aliphatic heterocycles. The van der Waals surface area contributed by atoms with E-state index in [0.29, 0.717) is 12.3 Å². The van der Waals surface area contributed by atoms with Gasteiger partial charge in [-0.2, -0.15) is 0 Å². The highest BCUT2D eigenvalue weighted by molar-refractivity contribution is 7.09. The lowest BCUT2D eigenvalue weighted by Crippen LogP contribution is -2.01. The zero-order valence-corrected chi connectivity index (χ0v) is 11.1. The van der Waals surface area contributed by atoms with E-state index in [-0.39, 0.29) is 0 Å². The van der Waals surface area contributed by atoms with Crippen LogP contribution in [-0.2, 0) is 6.61 Å². The van der Waals surface area contributed by atoms with Gasteiger partial charge in [-0.25, -0.2) is 4.98 Å². The van der Waals surface area contributed by atoms with E-state index in [2.05, 4.69) is 11.1 Å². The molecule has 0 spiro atoms. The maximum absolute atomic E-state index is 5.95. The minimum Gasteiger partial charge on any atom is -0.485 e. The Kier molecular flexibility index (Phi) is 3.33. The molecule has 2 N–H and O–H groups in total. The molecule has 0 atom stereocenters. The van der Waals surface area contributed by atoms with Gasteiger partial charge in [0.1, 0.15) is 12.4 Å². The molecule has 0 bridgehead atoms. The van der Waals surface area contributed by atoms with Crippen molar-refractivity contribution in [3.05, 3.63) is 39.3 Å². The number of thiazole rings is 1. The summed E-state index contributed by atoms with van der Waals surface area (Å²) in [5.41, 5.74) is 9.80. The molecule has 4 heteroatoms. The van der Waals surface area contributed by atoms with Gasteiger partial charge in [-0.1, -0.05) is 6.07 Å². The van der Waals surface area contributed by atoms with E-state index >= 15 is 0 Å². The van der Waals surface area contributed by atoms with Crippen molar-refractivity contribution in [2.24, 2.45) is 0 Å². The largest absolute Gasteiger partial charge is 0.485 e. The molecule has 0 saturated carbocycles. The fourth-order valence-corrected chi connectivity index (χ4v) is 2.40. The lowest BCUT2D eigenvalue weighted by Gasteiger charge is -2.11. The van der Waals surface area contributed by atoms with Crippen molar-refractivity contribution < 1.29 is 4.74 Å². The molecule has 2 rings (SSSR count). The summed E-state index contributed by atoms with van der Waals surface area (Å²) in [7, 11) is 0. The summed E-state index contributed by atoms with van der Waals surface area (Å²) in [6.07, 6.45) is 0.